The molecule has 2 rings (SSSR count). The fraction of sp³-hybridized carbons (Fsp3) is 0.533. The van der Waals surface area contributed by atoms with Gasteiger partial charge in [-0.1, -0.05) is 43.2 Å². The van der Waals surface area contributed by atoms with Crippen LogP contribution < -0.4 is 0 Å². The van der Waals surface area contributed by atoms with Crippen LogP contribution in [0.25, 0.3) is 0 Å². The minimum absolute atomic E-state index is 0.363. The van der Waals surface area contributed by atoms with Crippen molar-refractivity contribution in [2.75, 3.05) is 5.75 Å². The molecular formula is C15H19NS. The Morgan fingerprint density at radius 2 is 1.94 bits per heavy atom. The van der Waals surface area contributed by atoms with Gasteiger partial charge < -0.3 is 0 Å². The van der Waals surface area contributed by atoms with E-state index in [2.05, 4.69) is 30.3 Å². The Balaban J connectivity index is 1.91. The zero-order valence-corrected chi connectivity index (χ0v) is 11.0. The summed E-state index contributed by atoms with van der Waals surface area (Å²) in [6, 6.07) is 12.8. The van der Waals surface area contributed by atoms with Crippen molar-refractivity contribution in [2.45, 2.75) is 37.4 Å². The lowest BCUT2D eigenvalue weighted by Crippen LogP contribution is -2.01. The van der Waals surface area contributed by atoms with Crippen LogP contribution in [0, 0.1) is 17.2 Å². The van der Waals surface area contributed by atoms with Crippen molar-refractivity contribution in [2.24, 2.45) is 5.92 Å². The molecule has 1 aromatic rings. The summed E-state index contributed by atoms with van der Waals surface area (Å²) in [6.07, 6.45) is 6.21. The molecule has 0 amide bonds. The van der Waals surface area contributed by atoms with Crippen molar-refractivity contribution in [3.8, 4) is 6.07 Å². The number of nitrogens with zero attached hydrogens (tertiary/aromatic N) is 1. The maximum atomic E-state index is 8.93. The van der Waals surface area contributed by atoms with Crippen molar-refractivity contribution < 1.29 is 0 Å². The molecule has 2 heteroatoms. The van der Waals surface area contributed by atoms with Crippen LogP contribution in [-0.2, 0) is 0 Å². The second kappa shape index (κ2) is 6.71. The van der Waals surface area contributed by atoms with Crippen molar-refractivity contribution in [1.82, 2.24) is 0 Å². The summed E-state index contributed by atoms with van der Waals surface area (Å²) in [5.74, 6) is 2.12. The quantitative estimate of drug-likeness (QED) is 0.759. The van der Waals surface area contributed by atoms with Gasteiger partial charge in [0.1, 0.15) is 0 Å². The third-order valence-corrected chi connectivity index (χ3v) is 4.96. The molecule has 1 aliphatic rings. The molecule has 1 unspecified atom stereocenters. The summed E-state index contributed by atoms with van der Waals surface area (Å²) in [5.41, 5.74) is 1.30. The second-order valence-corrected chi connectivity index (χ2v) is 5.98. The third kappa shape index (κ3) is 3.78. The average Bonchev–Trinajstić information content (AvgIpc) is 2.88. The summed E-state index contributed by atoms with van der Waals surface area (Å²) in [4.78, 5) is 0. The van der Waals surface area contributed by atoms with Gasteiger partial charge in [0.05, 0.1) is 12.5 Å². The summed E-state index contributed by atoms with van der Waals surface area (Å²) in [5, 5.41) is 9.29. The standard InChI is InChI=1S/C15H19NS/c16-11-10-15(14-8-2-1-3-9-14)17-12-13-6-4-5-7-13/h1-3,8-9,13,15H,4-7,10,12H2. The van der Waals surface area contributed by atoms with Gasteiger partial charge in [-0.3, -0.25) is 0 Å². The lowest BCUT2D eigenvalue weighted by Gasteiger charge is -2.16. The summed E-state index contributed by atoms with van der Waals surface area (Å²) in [6.45, 7) is 0. The van der Waals surface area contributed by atoms with Crippen molar-refractivity contribution in [3.63, 3.8) is 0 Å². The molecule has 0 heterocycles. The van der Waals surface area contributed by atoms with E-state index in [1.807, 2.05) is 17.8 Å². The van der Waals surface area contributed by atoms with Crippen LogP contribution in [-0.4, -0.2) is 5.75 Å². The topological polar surface area (TPSA) is 23.8 Å². The molecule has 0 aromatic heterocycles. The Labute approximate surface area is 108 Å². The predicted molar refractivity (Wildman–Crippen MR) is 73.8 cm³/mol. The highest BCUT2D eigenvalue weighted by Gasteiger charge is 2.18. The highest BCUT2D eigenvalue weighted by molar-refractivity contribution is 7.99. The van der Waals surface area contributed by atoms with Crippen LogP contribution >= 0.6 is 11.8 Å². The Morgan fingerprint density at radius 3 is 2.59 bits per heavy atom. The van der Waals surface area contributed by atoms with Gasteiger partial charge in [-0.2, -0.15) is 17.0 Å². The molecule has 1 aliphatic carbocycles. The van der Waals surface area contributed by atoms with E-state index >= 15 is 0 Å². The van der Waals surface area contributed by atoms with Crippen LogP contribution in [0.1, 0.15) is 42.9 Å². The van der Waals surface area contributed by atoms with Crippen LogP contribution in [0.3, 0.4) is 0 Å². The zero-order valence-electron chi connectivity index (χ0n) is 10.1. The molecule has 0 aliphatic heterocycles. The molecule has 1 atom stereocenters. The summed E-state index contributed by atoms with van der Waals surface area (Å²) >= 11 is 1.97. The molecule has 0 bridgehead atoms. The van der Waals surface area contributed by atoms with Crippen LogP contribution in [0.5, 0.6) is 0 Å². The Kier molecular flexibility index (Phi) is 4.94. The number of nitriles is 1. The Morgan fingerprint density at radius 1 is 1.24 bits per heavy atom. The van der Waals surface area contributed by atoms with Gasteiger partial charge in [-0.05, 0) is 30.1 Å². The largest absolute Gasteiger partial charge is 0.198 e. The lowest BCUT2D eigenvalue weighted by molar-refractivity contribution is 0.622. The number of hydrogen-bond acceptors (Lipinski definition) is 2. The van der Waals surface area contributed by atoms with Gasteiger partial charge in [0.2, 0.25) is 0 Å². The van der Waals surface area contributed by atoms with Gasteiger partial charge in [0.15, 0.2) is 0 Å². The van der Waals surface area contributed by atoms with Gasteiger partial charge in [-0.25, -0.2) is 0 Å². The van der Waals surface area contributed by atoms with Crippen molar-refractivity contribution >= 4 is 11.8 Å². The lowest BCUT2D eigenvalue weighted by atomic mass is 10.1. The highest BCUT2D eigenvalue weighted by Crippen LogP contribution is 2.36. The molecule has 90 valence electrons. The SMILES string of the molecule is N#CCC(SCC1CCCC1)c1ccccc1. The first-order valence-corrected chi connectivity index (χ1v) is 7.48. The molecule has 0 radical (unpaired) electrons. The summed E-state index contributed by atoms with van der Waals surface area (Å²) < 4.78 is 0. The third-order valence-electron chi connectivity index (χ3n) is 3.46. The number of benzene rings is 1. The minimum atomic E-state index is 0.363. The molecule has 1 saturated carbocycles. The van der Waals surface area contributed by atoms with E-state index in [9.17, 15) is 0 Å². The molecule has 1 nitrogen and oxygen atoms in total. The zero-order chi connectivity index (χ0) is 11.9. The number of rotatable bonds is 5. The first-order valence-electron chi connectivity index (χ1n) is 6.43. The first kappa shape index (κ1) is 12.5. The van der Waals surface area contributed by atoms with Gasteiger partial charge in [0, 0.05) is 5.25 Å². The Bertz CT molecular complexity index is 362. The van der Waals surface area contributed by atoms with E-state index in [4.69, 9.17) is 5.26 Å². The summed E-state index contributed by atoms with van der Waals surface area (Å²) in [7, 11) is 0. The second-order valence-electron chi connectivity index (χ2n) is 4.75. The van der Waals surface area contributed by atoms with E-state index in [1.54, 1.807) is 0 Å². The molecule has 0 spiro atoms. The Hall–Kier alpha value is -0.940. The maximum absolute atomic E-state index is 8.93. The molecule has 0 N–H and O–H groups in total. The average molecular weight is 245 g/mol. The monoisotopic (exact) mass is 245 g/mol. The van der Waals surface area contributed by atoms with E-state index in [1.165, 1.54) is 37.0 Å². The van der Waals surface area contributed by atoms with E-state index in [0.29, 0.717) is 11.7 Å². The van der Waals surface area contributed by atoms with Crippen LogP contribution in [0.2, 0.25) is 0 Å². The first-order chi connectivity index (χ1) is 8.40. The molecule has 1 aromatic carbocycles. The van der Waals surface area contributed by atoms with Gasteiger partial charge in [0.25, 0.3) is 0 Å². The fourth-order valence-corrected chi connectivity index (χ4v) is 3.83. The molecule has 0 saturated heterocycles. The smallest absolute Gasteiger partial charge is 0.0636 e. The molecule has 1 fully saturated rings. The number of hydrogen-bond donors (Lipinski definition) is 0. The van der Waals surface area contributed by atoms with E-state index < -0.39 is 0 Å². The van der Waals surface area contributed by atoms with E-state index in [0.717, 1.165) is 5.92 Å². The van der Waals surface area contributed by atoms with Crippen LogP contribution in [0.4, 0.5) is 0 Å². The molecular weight excluding hydrogens is 226 g/mol. The maximum Gasteiger partial charge on any atom is 0.0636 e. The highest BCUT2D eigenvalue weighted by atomic mass is 32.2. The van der Waals surface area contributed by atoms with Gasteiger partial charge >= 0.3 is 0 Å². The number of thioether (sulfide) groups is 1. The fourth-order valence-electron chi connectivity index (χ4n) is 2.45. The predicted octanol–water partition coefficient (Wildman–Crippen LogP) is 4.56. The van der Waals surface area contributed by atoms with Crippen molar-refractivity contribution in [3.05, 3.63) is 35.9 Å². The molecule has 17 heavy (non-hydrogen) atoms. The minimum Gasteiger partial charge on any atom is -0.198 e. The van der Waals surface area contributed by atoms with Crippen molar-refractivity contribution in [1.29, 1.82) is 5.26 Å². The van der Waals surface area contributed by atoms with Crippen LogP contribution in [0.15, 0.2) is 30.3 Å². The van der Waals surface area contributed by atoms with E-state index in [-0.39, 0.29) is 0 Å². The normalized spacial score (nSPS) is 17.8. The van der Waals surface area contributed by atoms with Gasteiger partial charge in [-0.15, -0.1) is 0 Å².